The molecule has 0 aromatic heterocycles. The summed E-state index contributed by atoms with van der Waals surface area (Å²) in [5.74, 6) is 5.35. The van der Waals surface area contributed by atoms with E-state index in [2.05, 4.69) is 69.0 Å². The van der Waals surface area contributed by atoms with Crippen LogP contribution in [0.25, 0.3) is 10.8 Å². The van der Waals surface area contributed by atoms with Crippen LogP contribution in [-0.4, -0.2) is 54.7 Å². The number of hydrogen-bond acceptors (Lipinski definition) is 5. The van der Waals surface area contributed by atoms with Gasteiger partial charge in [0.15, 0.2) is 0 Å². The van der Waals surface area contributed by atoms with Gasteiger partial charge in [-0.15, -0.1) is 5.10 Å². The van der Waals surface area contributed by atoms with E-state index in [0.29, 0.717) is 13.1 Å². The SMILES string of the molecule is C=N/N=C(\NN)NC(=O)N1CCN(Cc2ccc3ccccc3c2)CC1. The van der Waals surface area contributed by atoms with Crippen LogP contribution < -0.4 is 16.6 Å². The Kier molecular flexibility index (Phi) is 5.77. The normalized spacial score (nSPS) is 15.7. The zero-order valence-corrected chi connectivity index (χ0v) is 14.6. The Bertz CT molecular complexity index is 812. The van der Waals surface area contributed by atoms with Crippen LogP contribution in [0.1, 0.15) is 5.56 Å². The van der Waals surface area contributed by atoms with Crippen LogP contribution in [0.3, 0.4) is 0 Å². The molecule has 1 fully saturated rings. The van der Waals surface area contributed by atoms with Crippen molar-refractivity contribution in [3.8, 4) is 0 Å². The number of benzene rings is 2. The van der Waals surface area contributed by atoms with E-state index in [1.54, 1.807) is 4.90 Å². The molecule has 0 spiro atoms. The summed E-state index contributed by atoms with van der Waals surface area (Å²) in [5.41, 5.74) is 3.55. The van der Waals surface area contributed by atoms with Gasteiger partial charge >= 0.3 is 6.03 Å². The average Bonchev–Trinajstić information content (AvgIpc) is 2.68. The van der Waals surface area contributed by atoms with E-state index in [1.165, 1.54) is 16.3 Å². The molecule has 0 bridgehead atoms. The third-order valence-electron chi connectivity index (χ3n) is 4.41. The molecule has 2 amide bonds. The summed E-state index contributed by atoms with van der Waals surface area (Å²) in [6.45, 7) is 7.00. The predicted molar refractivity (Wildman–Crippen MR) is 104 cm³/mol. The summed E-state index contributed by atoms with van der Waals surface area (Å²) in [7, 11) is 0. The Balaban J connectivity index is 1.53. The van der Waals surface area contributed by atoms with Gasteiger partial charge in [-0.2, -0.15) is 5.10 Å². The van der Waals surface area contributed by atoms with E-state index in [4.69, 9.17) is 5.84 Å². The minimum atomic E-state index is -0.254. The number of amides is 2. The standard InChI is InChI=1S/C18H23N7O/c1-20-23-17(22-19)21-18(26)25-10-8-24(9-11-25)13-14-6-7-15-4-2-3-5-16(15)12-14/h2-7,12H,1,8-11,13,19H2,(H2,21,22,23,26). The molecule has 4 N–H and O–H groups in total. The lowest BCUT2D eigenvalue weighted by Gasteiger charge is -2.34. The lowest BCUT2D eigenvalue weighted by atomic mass is 10.1. The molecule has 8 nitrogen and oxygen atoms in total. The van der Waals surface area contributed by atoms with E-state index < -0.39 is 0 Å². The molecular weight excluding hydrogens is 330 g/mol. The van der Waals surface area contributed by atoms with Crippen LogP contribution in [0, 0.1) is 0 Å². The summed E-state index contributed by atoms with van der Waals surface area (Å²) in [6.07, 6.45) is 0. The zero-order chi connectivity index (χ0) is 18.4. The van der Waals surface area contributed by atoms with Gasteiger partial charge < -0.3 is 4.90 Å². The Morgan fingerprint density at radius 1 is 1.12 bits per heavy atom. The van der Waals surface area contributed by atoms with E-state index in [1.807, 2.05) is 6.07 Å². The fraction of sp³-hybridized carbons (Fsp3) is 0.278. The van der Waals surface area contributed by atoms with Gasteiger partial charge in [-0.3, -0.25) is 15.6 Å². The lowest BCUT2D eigenvalue weighted by molar-refractivity contribution is 0.138. The predicted octanol–water partition coefficient (Wildman–Crippen LogP) is 1.10. The van der Waals surface area contributed by atoms with Gasteiger partial charge in [0.25, 0.3) is 0 Å². The molecular formula is C18H23N7O. The molecule has 0 unspecified atom stereocenters. The molecule has 0 atom stereocenters. The highest BCUT2D eigenvalue weighted by Gasteiger charge is 2.21. The van der Waals surface area contributed by atoms with Crippen LogP contribution in [-0.2, 0) is 6.54 Å². The molecule has 0 saturated carbocycles. The number of rotatable bonds is 3. The summed E-state index contributed by atoms with van der Waals surface area (Å²) in [6, 6.07) is 14.6. The molecule has 0 aliphatic carbocycles. The fourth-order valence-electron chi connectivity index (χ4n) is 3.05. The fourth-order valence-corrected chi connectivity index (χ4v) is 3.05. The number of piperazine rings is 1. The first-order valence-corrected chi connectivity index (χ1v) is 8.46. The second-order valence-electron chi connectivity index (χ2n) is 6.11. The Labute approximate surface area is 152 Å². The largest absolute Gasteiger partial charge is 0.324 e. The minimum absolute atomic E-state index is 0.0728. The van der Waals surface area contributed by atoms with Crippen molar-refractivity contribution in [3.63, 3.8) is 0 Å². The van der Waals surface area contributed by atoms with E-state index in [-0.39, 0.29) is 12.0 Å². The van der Waals surface area contributed by atoms with Crippen LogP contribution in [0.2, 0.25) is 0 Å². The molecule has 136 valence electrons. The highest BCUT2D eigenvalue weighted by atomic mass is 16.2. The topological polar surface area (TPSA) is 98.3 Å². The minimum Gasteiger partial charge on any atom is -0.322 e. The first-order chi connectivity index (χ1) is 12.7. The summed E-state index contributed by atoms with van der Waals surface area (Å²) >= 11 is 0. The first-order valence-electron chi connectivity index (χ1n) is 8.46. The maximum absolute atomic E-state index is 12.2. The highest BCUT2D eigenvalue weighted by molar-refractivity contribution is 5.95. The number of nitrogens with two attached hydrogens (primary N) is 1. The van der Waals surface area contributed by atoms with Crippen molar-refractivity contribution in [3.05, 3.63) is 48.0 Å². The Morgan fingerprint density at radius 2 is 1.85 bits per heavy atom. The van der Waals surface area contributed by atoms with Crippen molar-refractivity contribution in [2.24, 2.45) is 16.0 Å². The number of guanidine groups is 1. The monoisotopic (exact) mass is 353 g/mol. The molecule has 1 saturated heterocycles. The van der Waals surface area contributed by atoms with Crippen molar-refractivity contribution in [2.75, 3.05) is 26.2 Å². The average molecular weight is 353 g/mol. The molecule has 1 aliphatic heterocycles. The van der Waals surface area contributed by atoms with Gasteiger partial charge in [0, 0.05) is 39.4 Å². The van der Waals surface area contributed by atoms with Gasteiger partial charge in [-0.1, -0.05) is 36.4 Å². The molecule has 2 aromatic rings. The summed E-state index contributed by atoms with van der Waals surface area (Å²) in [5, 5.41) is 12.0. The van der Waals surface area contributed by atoms with E-state index in [9.17, 15) is 4.79 Å². The lowest BCUT2D eigenvalue weighted by Crippen LogP contribution is -2.55. The maximum atomic E-state index is 12.2. The number of hydrazine groups is 1. The van der Waals surface area contributed by atoms with E-state index >= 15 is 0 Å². The number of hydrogen-bond donors (Lipinski definition) is 3. The van der Waals surface area contributed by atoms with Crippen LogP contribution in [0.15, 0.2) is 52.7 Å². The van der Waals surface area contributed by atoms with Gasteiger partial charge in [0.1, 0.15) is 0 Å². The molecule has 3 rings (SSSR count). The van der Waals surface area contributed by atoms with Crippen LogP contribution in [0.5, 0.6) is 0 Å². The Morgan fingerprint density at radius 3 is 2.54 bits per heavy atom. The second-order valence-corrected chi connectivity index (χ2v) is 6.11. The number of nitrogens with one attached hydrogen (secondary N) is 2. The molecule has 26 heavy (non-hydrogen) atoms. The van der Waals surface area contributed by atoms with Crippen LogP contribution >= 0.6 is 0 Å². The quantitative estimate of drug-likeness (QED) is 0.333. The third kappa shape index (κ3) is 4.35. The first kappa shape index (κ1) is 17.8. The Hall–Kier alpha value is -2.97. The second kappa shape index (κ2) is 8.41. The van der Waals surface area contributed by atoms with Gasteiger partial charge in [0.05, 0.1) is 0 Å². The van der Waals surface area contributed by atoms with Crippen molar-refractivity contribution >= 4 is 29.5 Å². The number of fused-ring (bicyclic) bond motifs is 1. The molecule has 2 aromatic carbocycles. The third-order valence-corrected chi connectivity index (χ3v) is 4.41. The number of urea groups is 1. The molecule has 1 aliphatic rings. The summed E-state index contributed by atoms with van der Waals surface area (Å²) in [4.78, 5) is 16.3. The van der Waals surface area contributed by atoms with Gasteiger partial charge in [0.2, 0.25) is 5.96 Å². The smallest absolute Gasteiger partial charge is 0.322 e. The van der Waals surface area contributed by atoms with Crippen molar-refractivity contribution in [2.45, 2.75) is 6.54 Å². The number of carbonyl (C=O) groups excluding carboxylic acids is 1. The van der Waals surface area contributed by atoms with Crippen molar-refractivity contribution < 1.29 is 4.79 Å². The zero-order valence-electron chi connectivity index (χ0n) is 14.6. The summed E-state index contributed by atoms with van der Waals surface area (Å²) < 4.78 is 0. The maximum Gasteiger partial charge on any atom is 0.324 e. The highest BCUT2D eigenvalue weighted by Crippen LogP contribution is 2.17. The molecule has 1 heterocycles. The van der Waals surface area contributed by atoms with Gasteiger partial charge in [-0.25, -0.2) is 10.6 Å². The van der Waals surface area contributed by atoms with Crippen LogP contribution in [0.4, 0.5) is 4.79 Å². The number of carbonyl (C=O) groups is 1. The molecule has 0 radical (unpaired) electrons. The van der Waals surface area contributed by atoms with Gasteiger partial charge in [-0.05, 0) is 22.4 Å². The molecule has 8 heteroatoms. The van der Waals surface area contributed by atoms with E-state index in [0.717, 1.165) is 19.6 Å². The van der Waals surface area contributed by atoms with Crippen molar-refractivity contribution in [1.82, 2.24) is 20.5 Å². The number of nitrogens with zero attached hydrogens (tertiary/aromatic N) is 4. The van der Waals surface area contributed by atoms with Crippen molar-refractivity contribution in [1.29, 1.82) is 0 Å².